The van der Waals surface area contributed by atoms with E-state index in [1.165, 1.54) is 71.5 Å². The van der Waals surface area contributed by atoms with Crippen LogP contribution in [0.2, 0.25) is 0 Å². The van der Waals surface area contributed by atoms with E-state index in [0.717, 1.165) is 5.92 Å². The molecule has 0 saturated carbocycles. The molecule has 0 bridgehead atoms. The SMILES string of the molecule is CC(C)(C)N1CCC(CN2CCC3(CC2)CN(C(C)(C)C)C3)CC1. The highest BCUT2D eigenvalue weighted by atomic mass is 15.3. The first-order valence-electron chi connectivity index (χ1n) is 10.3. The second kappa shape index (κ2) is 6.55. The van der Waals surface area contributed by atoms with Crippen LogP contribution in [0.3, 0.4) is 0 Å². The third-order valence-electron chi connectivity index (χ3n) is 7.00. The highest BCUT2D eigenvalue weighted by Crippen LogP contribution is 2.43. The Morgan fingerprint density at radius 2 is 1.25 bits per heavy atom. The standard InChI is InChI=1S/C21H41N3/c1-19(2,3)23-11-7-18(8-12-23)15-22-13-9-21(10-14-22)16-24(17-21)20(4,5)6/h18H,7-17H2,1-6H3. The van der Waals surface area contributed by atoms with Crippen LogP contribution in [0, 0.1) is 11.3 Å². The molecule has 0 amide bonds. The van der Waals surface area contributed by atoms with Gasteiger partial charge in [0.15, 0.2) is 0 Å². The van der Waals surface area contributed by atoms with Crippen molar-refractivity contribution >= 4 is 0 Å². The highest BCUT2D eigenvalue weighted by Gasteiger charge is 2.47. The molecule has 3 saturated heterocycles. The van der Waals surface area contributed by atoms with Gasteiger partial charge in [-0.25, -0.2) is 0 Å². The zero-order valence-corrected chi connectivity index (χ0v) is 17.2. The molecule has 3 rings (SSSR count). The Morgan fingerprint density at radius 1 is 0.750 bits per heavy atom. The molecule has 0 aromatic heterocycles. The van der Waals surface area contributed by atoms with Gasteiger partial charge in [0.05, 0.1) is 0 Å². The molecule has 0 aromatic carbocycles. The van der Waals surface area contributed by atoms with Gasteiger partial charge >= 0.3 is 0 Å². The smallest absolute Gasteiger partial charge is 0.0125 e. The quantitative estimate of drug-likeness (QED) is 0.762. The van der Waals surface area contributed by atoms with E-state index in [0.29, 0.717) is 16.5 Å². The van der Waals surface area contributed by atoms with Gasteiger partial charge in [-0.2, -0.15) is 0 Å². The number of rotatable bonds is 2. The molecule has 0 aliphatic carbocycles. The predicted molar refractivity (Wildman–Crippen MR) is 103 cm³/mol. The summed E-state index contributed by atoms with van der Waals surface area (Å²) < 4.78 is 0. The average Bonchev–Trinajstić information content (AvgIpc) is 2.44. The van der Waals surface area contributed by atoms with Gasteiger partial charge < -0.3 is 4.90 Å². The van der Waals surface area contributed by atoms with Crippen molar-refractivity contribution in [3.63, 3.8) is 0 Å². The maximum atomic E-state index is 2.78. The molecule has 3 heterocycles. The fourth-order valence-electron chi connectivity index (χ4n) is 4.92. The van der Waals surface area contributed by atoms with Crippen LogP contribution >= 0.6 is 0 Å². The van der Waals surface area contributed by atoms with E-state index in [2.05, 4.69) is 56.2 Å². The zero-order valence-electron chi connectivity index (χ0n) is 17.2. The predicted octanol–water partition coefficient (Wildman–Crippen LogP) is 3.69. The lowest BCUT2D eigenvalue weighted by Gasteiger charge is -2.58. The van der Waals surface area contributed by atoms with Crippen LogP contribution in [0.25, 0.3) is 0 Å². The van der Waals surface area contributed by atoms with Gasteiger partial charge in [0, 0.05) is 30.7 Å². The Balaban J connectivity index is 1.38. The summed E-state index contributed by atoms with van der Waals surface area (Å²) in [5, 5.41) is 0. The van der Waals surface area contributed by atoms with Crippen LogP contribution in [-0.2, 0) is 0 Å². The normalized spacial score (nSPS) is 28.2. The van der Waals surface area contributed by atoms with Gasteiger partial charge in [-0.05, 0) is 105 Å². The summed E-state index contributed by atoms with van der Waals surface area (Å²) in [6.45, 7) is 23.5. The van der Waals surface area contributed by atoms with Crippen molar-refractivity contribution in [3.8, 4) is 0 Å². The van der Waals surface area contributed by atoms with Crippen LogP contribution in [0.1, 0.15) is 67.2 Å². The van der Waals surface area contributed by atoms with Crippen LogP contribution in [0.15, 0.2) is 0 Å². The monoisotopic (exact) mass is 335 g/mol. The lowest BCUT2D eigenvalue weighted by molar-refractivity contribution is -0.0918. The number of nitrogens with zero attached hydrogens (tertiary/aromatic N) is 3. The van der Waals surface area contributed by atoms with Gasteiger partial charge in [0.25, 0.3) is 0 Å². The number of hydrogen-bond donors (Lipinski definition) is 0. The van der Waals surface area contributed by atoms with E-state index in [4.69, 9.17) is 0 Å². The van der Waals surface area contributed by atoms with Gasteiger partial charge in [-0.3, -0.25) is 9.80 Å². The zero-order chi connectivity index (χ0) is 17.6. The maximum absolute atomic E-state index is 2.78. The molecule has 3 aliphatic heterocycles. The fraction of sp³-hybridized carbons (Fsp3) is 1.00. The van der Waals surface area contributed by atoms with Gasteiger partial charge in [-0.1, -0.05) is 0 Å². The van der Waals surface area contributed by atoms with Crippen LogP contribution in [0.4, 0.5) is 0 Å². The summed E-state index contributed by atoms with van der Waals surface area (Å²) in [5.74, 6) is 0.935. The molecule has 3 nitrogen and oxygen atoms in total. The number of hydrogen-bond acceptors (Lipinski definition) is 3. The van der Waals surface area contributed by atoms with Crippen molar-refractivity contribution in [2.45, 2.75) is 78.3 Å². The lowest BCUT2D eigenvalue weighted by atomic mass is 9.70. The maximum Gasteiger partial charge on any atom is 0.0125 e. The second-order valence-corrected chi connectivity index (χ2v) is 10.9. The molecule has 140 valence electrons. The summed E-state index contributed by atoms with van der Waals surface area (Å²) in [7, 11) is 0. The first kappa shape index (κ1) is 18.7. The van der Waals surface area contributed by atoms with Gasteiger partial charge in [0.1, 0.15) is 0 Å². The summed E-state index contributed by atoms with van der Waals surface area (Å²) in [6.07, 6.45) is 5.66. The van der Waals surface area contributed by atoms with Crippen molar-refractivity contribution in [1.29, 1.82) is 0 Å². The minimum absolute atomic E-state index is 0.353. The molecule has 3 fully saturated rings. The molecule has 24 heavy (non-hydrogen) atoms. The van der Waals surface area contributed by atoms with Crippen molar-refractivity contribution in [2.75, 3.05) is 45.8 Å². The fourth-order valence-corrected chi connectivity index (χ4v) is 4.92. The second-order valence-electron chi connectivity index (χ2n) is 10.9. The molecule has 3 heteroatoms. The third kappa shape index (κ3) is 4.16. The lowest BCUT2D eigenvalue weighted by Crippen LogP contribution is -2.65. The minimum atomic E-state index is 0.353. The first-order valence-corrected chi connectivity index (χ1v) is 10.3. The highest BCUT2D eigenvalue weighted by molar-refractivity contribution is 5.02. The molecule has 0 atom stereocenters. The van der Waals surface area contributed by atoms with Gasteiger partial charge in [0.2, 0.25) is 0 Å². The van der Waals surface area contributed by atoms with Crippen LogP contribution < -0.4 is 0 Å². The summed E-state index contributed by atoms with van der Waals surface area (Å²) in [6, 6.07) is 0. The largest absolute Gasteiger partial charge is 0.303 e. The molecular formula is C21H41N3. The Kier molecular flexibility index (Phi) is 5.10. The van der Waals surface area contributed by atoms with Crippen LogP contribution in [0.5, 0.6) is 0 Å². The average molecular weight is 336 g/mol. The molecule has 3 aliphatic rings. The topological polar surface area (TPSA) is 9.72 Å². The summed E-state index contributed by atoms with van der Waals surface area (Å²) in [5.41, 5.74) is 1.38. The van der Waals surface area contributed by atoms with Crippen molar-refractivity contribution in [1.82, 2.24) is 14.7 Å². The number of likely N-dealkylation sites (tertiary alicyclic amines) is 3. The molecule has 0 radical (unpaired) electrons. The van der Waals surface area contributed by atoms with E-state index in [1.807, 2.05) is 0 Å². The van der Waals surface area contributed by atoms with Gasteiger partial charge in [-0.15, -0.1) is 0 Å². The van der Waals surface area contributed by atoms with E-state index in [-0.39, 0.29) is 0 Å². The third-order valence-corrected chi connectivity index (χ3v) is 7.00. The van der Waals surface area contributed by atoms with E-state index < -0.39 is 0 Å². The Bertz CT molecular complexity index is 407. The van der Waals surface area contributed by atoms with E-state index in [9.17, 15) is 0 Å². The van der Waals surface area contributed by atoms with E-state index >= 15 is 0 Å². The van der Waals surface area contributed by atoms with E-state index in [1.54, 1.807) is 0 Å². The molecule has 0 aromatic rings. The van der Waals surface area contributed by atoms with Crippen LogP contribution in [-0.4, -0.2) is 71.6 Å². The summed E-state index contributed by atoms with van der Waals surface area (Å²) in [4.78, 5) is 8.12. The minimum Gasteiger partial charge on any atom is -0.303 e. The van der Waals surface area contributed by atoms with Crippen molar-refractivity contribution in [2.24, 2.45) is 11.3 Å². The molecule has 0 unspecified atom stereocenters. The molecular weight excluding hydrogens is 294 g/mol. The summed E-state index contributed by atoms with van der Waals surface area (Å²) >= 11 is 0. The Labute approximate surface area is 150 Å². The Morgan fingerprint density at radius 3 is 1.71 bits per heavy atom. The number of piperidine rings is 2. The van der Waals surface area contributed by atoms with Crippen molar-refractivity contribution in [3.05, 3.63) is 0 Å². The first-order chi connectivity index (χ1) is 11.1. The molecule has 1 spiro atoms. The van der Waals surface area contributed by atoms with Crippen molar-refractivity contribution < 1.29 is 0 Å². The molecule has 0 N–H and O–H groups in total. The Hall–Kier alpha value is -0.120.